The van der Waals surface area contributed by atoms with E-state index in [1.165, 1.54) is 0 Å². The molecule has 1 aromatic carbocycles. The fourth-order valence-corrected chi connectivity index (χ4v) is 4.72. The molecule has 0 spiro atoms. The summed E-state index contributed by atoms with van der Waals surface area (Å²) in [5.74, 6) is -0.117. The van der Waals surface area contributed by atoms with Gasteiger partial charge in [-0.1, -0.05) is 45.2 Å². The predicted molar refractivity (Wildman–Crippen MR) is 99.3 cm³/mol. The van der Waals surface area contributed by atoms with E-state index in [0.29, 0.717) is 0 Å². The topological polar surface area (TPSA) is 75.6 Å². The molecule has 26 heavy (non-hydrogen) atoms. The van der Waals surface area contributed by atoms with Crippen LogP contribution in [-0.4, -0.2) is 29.6 Å². The summed E-state index contributed by atoms with van der Waals surface area (Å²) in [5, 5.41) is 12.6. The number of hydrogen-bond acceptors (Lipinski definition) is 3. The van der Waals surface area contributed by atoms with E-state index in [9.17, 15) is 14.7 Å². The van der Waals surface area contributed by atoms with E-state index in [2.05, 4.69) is 19.2 Å². The lowest BCUT2D eigenvalue weighted by Crippen LogP contribution is -2.54. The molecular weight excluding hydrogens is 330 g/mol. The molecule has 2 saturated carbocycles. The molecule has 1 atom stereocenters. The van der Waals surface area contributed by atoms with E-state index >= 15 is 0 Å². The van der Waals surface area contributed by atoms with Crippen LogP contribution >= 0.6 is 0 Å². The molecule has 1 amide bonds. The van der Waals surface area contributed by atoms with Crippen molar-refractivity contribution in [1.29, 1.82) is 0 Å². The minimum atomic E-state index is -0.847. The van der Waals surface area contributed by atoms with Crippen molar-refractivity contribution in [3.8, 4) is 5.75 Å². The Bertz CT molecular complexity index is 688. The highest BCUT2D eigenvalue weighted by Crippen LogP contribution is 2.64. The third-order valence-corrected chi connectivity index (χ3v) is 6.39. The number of amides is 1. The maximum absolute atomic E-state index is 13.4. The minimum absolute atomic E-state index is 0.00212. The normalized spacial score (nSPS) is 26.0. The molecule has 0 radical (unpaired) electrons. The second kappa shape index (κ2) is 6.60. The van der Waals surface area contributed by atoms with Gasteiger partial charge in [-0.25, -0.2) is 0 Å². The highest BCUT2D eigenvalue weighted by Gasteiger charge is 2.67. The SMILES string of the molecule is COc1ccc([C@]2(C(=O)NC3(CC(=O)O)CCCCC3)CC2(C)C)cc1. The van der Waals surface area contributed by atoms with Crippen LogP contribution in [0.3, 0.4) is 0 Å². The van der Waals surface area contributed by atoms with Crippen LogP contribution in [0.4, 0.5) is 0 Å². The van der Waals surface area contributed by atoms with Gasteiger partial charge in [0.1, 0.15) is 5.75 Å². The molecule has 2 N–H and O–H groups in total. The number of aliphatic carboxylic acids is 1. The lowest BCUT2D eigenvalue weighted by molar-refractivity contribution is -0.140. The van der Waals surface area contributed by atoms with Gasteiger partial charge >= 0.3 is 5.97 Å². The number of ether oxygens (including phenoxy) is 1. The molecule has 2 fully saturated rings. The van der Waals surface area contributed by atoms with Crippen LogP contribution in [0.2, 0.25) is 0 Å². The smallest absolute Gasteiger partial charge is 0.305 e. The van der Waals surface area contributed by atoms with Gasteiger partial charge in [0.2, 0.25) is 5.91 Å². The van der Waals surface area contributed by atoms with Crippen molar-refractivity contribution in [2.24, 2.45) is 5.41 Å². The van der Waals surface area contributed by atoms with Crippen LogP contribution < -0.4 is 10.1 Å². The fraction of sp³-hybridized carbons (Fsp3) is 0.619. The van der Waals surface area contributed by atoms with Gasteiger partial charge in [0, 0.05) is 0 Å². The quantitative estimate of drug-likeness (QED) is 0.813. The second-order valence-electron chi connectivity index (χ2n) is 8.56. The van der Waals surface area contributed by atoms with Gasteiger partial charge in [0.15, 0.2) is 0 Å². The molecule has 2 aliphatic rings. The predicted octanol–water partition coefficient (Wildman–Crippen LogP) is 3.66. The number of carbonyl (C=O) groups excluding carboxylic acids is 1. The van der Waals surface area contributed by atoms with Crippen LogP contribution in [0.25, 0.3) is 0 Å². The number of carbonyl (C=O) groups is 2. The monoisotopic (exact) mass is 359 g/mol. The van der Waals surface area contributed by atoms with Crippen molar-refractivity contribution in [2.45, 2.75) is 69.7 Å². The van der Waals surface area contributed by atoms with E-state index in [1.54, 1.807) is 7.11 Å². The molecule has 5 heteroatoms. The Kier molecular flexibility index (Phi) is 4.76. The number of hydrogen-bond donors (Lipinski definition) is 2. The van der Waals surface area contributed by atoms with Crippen LogP contribution in [0.1, 0.15) is 64.4 Å². The molecule has 2 aliphatic carbocycles. The van der Waals surface area contributed by atoms with Gasteiger partial charge in [0.05, 0.1) is 24.5 Å². The van der Waals surface area contributed by atoms with E-state index in [4.69, 9.17) is 4.74 Å². The first kappa shape index (κ1) is 18.7. The highest BCUT2D eigenvalue weighted by atomic mass is 16.5. The second-order valence-corrected chi connectivity index (χ2v) is 8.56. The first-order valence-electron chi connectivity index (χ1n) is 9.44. The van der Waals surface area contributed by atoms with Crippen LogP contribution in [0, 0.1) is 5.41 Å². The third-order valence-electron chi connectivity index (χ3n) is 6.39. The molecule has 0 aliphatic heterocycles. The molecule has 142 valence electrons. The van der Waals surface area contributed by atoms with E-state index in [-0.39, 0.29) is 17.7 Å². The van der Waals surface area contributed by atoms with Gasteiger partial charge in [-0.05, 0) is 42.4 Å². The number of rotatable bonds is 6. The van der Waals surface area contributed by atoms with Crippen LogP contribution in [0.15, 0.2) is 24.3 Å². The van der Waals surface area contributed by atoms with Crippen molar-refractivity contribution < 1.29 is 19.4 Å². The Morgan fingerprint density at radius 2 is 1.69 bits per heavy atom. The summed E-state index contributed by atoms with van der Waals surface area (Å²) < 4.78 is 5.23. The fourth-order valence-electron chi connectivity index (χ4n) is 4.72. The number of carboxylic acids is 1. The lowest BCUT2D eigenvalue weighted by atomic mass is 9.77. The first-order chi connectivity index (χ1) is 12.2. The van der Waals surface area contributed by atoms with Gasteiger partial charge in [0.25, 0.3) is 0 Å². The Hall–Kier alpha value is -2.04. The zero-order valence-electron chi connectivity index (χ0n) is 15.9. The van der Waals surface area contributed by atoms with Gasteiger partial charge in [-0.15, -0.1) is 0 Å². The summed E-state index contributed by atoms with van der Waals surface area (Å²) in [6.45, 7) is 4.20. The van der Waals surface area contributed by atoms with E-state index in [1.807, 2.05) is 24.3 Å². The maximum atomic E-state index is 13.4. The number of carboxylic acid groups (broad SMARTS) is 1. The van der Waals surface area contributed by atoms with Gasteiger partial charge in [-0.3, -0.25) is 9.59 Å². The number of nitrogens with one attached hydrogen (secondary N) is 1. The highest BCUT2D eigenvalue weighted by molar-refractivity contribution is 5.94. The van der Waals surface area contributed by atoms with Crippen molar-refractivity contribution in [2.75, 3.05) is 7.11 Å². The maximum Gasteiger partial charge on any atom is 0.305 e. The molecule has 0 unspecified atom stereocenters. The van der Waals surface area contributed by atoms with Gasteiger partial charge in [-0.2, -0.15) is 0 Å². The van der Waals surface area contributed by atoms with Crippen molar-refractivity contribution in [1.82, 2.24) is 5.32 Å². The molecule has 0 aromatic heterocycles. The summed E-state index contributed by atoms with van der Waals surface area (Å²) in [6, 6.07) is 7.68. The van der Waals surface area contributed by atoms with Crippen LogP contribution in [-0.2, 0) is 15.0 Å². The van der Waals surface area contributed by atoms with Crippen molar-refractivity contribution in [3.63, 3.8) is 0 Å². The molecule has 5 nitrogen and oxygen atoms in total. The van der Waals surface area contributed by atoms with Crippen molar-refractivity contribution in [3.05, 3.63) is 29.8 Å². The third kappa shape index (κ3) is 3.19. The zero-order chi connectivity index (χ0) is 19.0. The summed E-state index contributed by atoms with van der Waals surface area (Å²) in [7, 11) is 1.62. The molecular formula is C21H29NO4. The van der Waals surface area contributed by atoms with Gasteiger partial charge < -0.3 is 15.2 Å². The Labute approximate surface area is 155 Å². The van der Waals surface area contributed by atoms with E-state index in [0.717, 1.165) is 49.8 Å². The average molecular weight is 359 g/mol. The molecule has 0 bridgehead atoms. The largest absolute Gasteiger partial charge is 0.497 e. The number of benzene rings is 1. The van der Waals surface area contributed by atoms with Crippen molar-refractivity contribution >= 4 is 11.9 Å². The summed E-state index contributed by atoms with van der Waals surface area (Å²) >= 11 is 0. The standard InChI is InChI=1S/C21H29NO4/c1-19(2)14-21(19,15-7-9-16(26-3)10-8-15)18(25)22-20(13-17(23)24)11-5-4-6-12-20/h7-10H,4-6,11-14H2,1-3H3,(H,22,25)(H,23,24)/t21-/m0/s1. The Morgan fingerprint density at radius 1 is 1.12 bits per heavy atom. The molecule has 1 aromatic rings. The average Bonchev–Trinajstić information content (AvgIpc) is 3.19. The molecule has 0 heterocycles. The number of methoxy groups -OCH3 is 1. The summed E-state index contributed by atoms with van der Waals surface area (Å²) in [4.78, 5) is 24.8. The Morgan fingerprint density at radius 3 is 2.15 bits per heavy atom. The first-order valence-corrected chi connectivity index (χ1v) is 9.44. The summed E-state index contributed by atoms with van der Waals surface area (Å²) in [6.07, 6.45) is 5.28. The molecule has 3 rings (SSSR count). The lowest BCUT2D eigenvalue weighted by Gasteiger charge is -2.38. The minimum Gasteiger partial charge on any atom is -0.497 e. The zero-order valence-corrected chi connectivity index (χ0v) is 15.9. The van der Waals surface area contributed by atoms with E-state index < -0.39 is 16.9 Å². The van der Waals surface area contributed by atoms with Crippen LogP contribution in [0.5, 0.6) is 5.75 Å². The molecule has 0 saturated heterocycles. The summed E-state index contributed by atoms with van der Waals surface area (Å²) in [5.41, 5.74) is -0.381. The Balaban J connectivity index is 1.88.